The molecule has 122 valence electrons. The highest BCUT2D eigenvalue weighted by molar-refractivity contribution is 6.40. The van der Waals surface area contributed by atoms with Gasteiger partial charge in [-0.05, 0) is 30.7 Å². The van der Waals surface area contributed by atoms with E-state index in [0.29, 0.717) is 40.3 Å². The monoisotopic (exact) mass is 353 g/mol. The molecule has 0 spiro atoms. The lowest BCUT2D eigenvalue weighted by molar-refractivity contribution is 0.102. The van der Waals surface area contributed by atoms with Gasteiger partial charge in [0.2, 0.25) is 0 Å². The second-order valence-corrected chi connectivity index (χ2v) is 5.57. The van der Waals surface area contributed by atoms with Crippen molar-refractivity contribution in [3.8, 4) is 0 Å². The molecule has 0 bridgehead atoms. The Kier molecular flexibility index (Phi) is 6.65. The van der Waals surface area contributed by atoms with Crippen molar-refractivity contribution in [2.24, 2.45) is 0 Å². The molecule has 2 aromatic rings. The second-order valence-electron chi connectivity index (χ2n) is 4.75. The van der Waals surface area contributed by atoms with Gasteiger partial charge >= 0.3 is 0 Å². The Morgan fingerprint density at radius 3 is 2.70 bits per heavy atom. The van der Waals surface area contributed by atoms with Crippen LogP contribution >= 0.6 is 23.2 Å². The van der Waals surface area contributed by atoms with Crippen molar-refractivity contribution in [1.82, 2.24) is 4.98 Å². The molecule has 2 N–H and O–H groups in total. The summed E-state index contributed by atoms with van der Waals surface area (Å²) in [4.78, 5) is 16.5. The van der Waals surface area contributed by atoms with E-state index in [1.807, 2.05) is 0 Å². The molecule has 23 heavy (non-hydrogen) atoms. The Morgan fingerprint density at radius 2 is 2.00 bits per heavy atom. The van der Waals surface area contributed by atoms with Crippen LogP contribution in [0.2, 0.25) is 10.0 Å². The van der Waals surface area contributed by atoms with E-state index in [4.69, 9.17) is 27.9 Å². The van der Waals surface area contributed by atoms with E-state index < -0.39 is 0 Å². The number of pyridine rings is 1. The van der Waals surface area contributed by atoms with Crippen LogP contribution < -0.4 is 10.6 Å². The van der Waals surface area contributed by atoms with Gasteiger partial charge in [0.1, 0.15) is 5.82 Å². The minimum Gasteiger partial charge on any atom is -0.385 e. The molecule has 1 aromatic heterocycles. The number of anilines is 2. The summed E-state index contributed by atoms with van der Waals surface area (Å²) in [5.41, 5.74) is 0.859. The first-order chi connectivity index (χ1) is 11.1. The smallest absolute Gasteiger partial charge is 0.255 e. The average Bonchev–Trinajstić information content (AvgIpc) is 2.55. The van der Waals surface area contributed by atoms with Crippen LogP contribution in [0, 0.1) is 0 Å². The number of hydrogen-bond acceptors (Lipinski definition) is 4. The molecule has 0 radical (unpaired) electrons. The molecule has 0 aliphatic rings. The van der Waals surface area contributed by atoms with E-state index in [2.05, 4.69) is 15.6 Å². The lowest BCUT2D eigenvalue weighted by atomic mass is 10.2. The van der Waals surface area contributed by atoms with Crippen LogP contribution in [-0.2, 0) is 4.74 Å². The highest BCUT2D eigenvalue weighted by Crippen LogP contribution is 2.30. The maximum Gasteiger partial charge on any atom is 0.255 e. The molecular formula is C16H17Cl2N3O2. The number of nitrogens with zero attached hydrogens (tertiary/aromatic N) is 1. The zero-order valence-electron chi connectivity index (χ0n) is 12.6. The maximum absolute atomic E-state index is 12.3. The van der Waals surface area contributed by atoms with Gasteiger partial charge in [0, 0.05) is 32.0 Å². The SMILES string of the molecule is COCCCNc1cc(C(=O)Nc2c(Cl)cccc2Cl)ccn1. The Labute approximate surface area is 145 Å². The van der Waals surface area contributed by atoms with Crippen molar-refractivity contribution in [2.75, 3.05) is 30.9 Å². The molecule has 0 aliphatic carbocycles. The van der Waals surface area contributed by atoms with Crippen molar-refractivity contribution in [3.05, 3.63) is 52.1 Å². The number of carbonyl (C=O) groups excluding carboxylic acids is 1. The molecule has 0 atom stereocenters. The molecule has 2 rings (SSSR count). The van der Waals surface area contributed by atoms with E-state index in [1.165, 1.54) is 0 Å². The van der Waals surface area contributed by atoms with Crippen LogP contribution in [0.3, 0.4) is 0 Å². The number of hydrogen-bond donors (Lipinski definition) is 2. The Hall–Kier alpha value is -1.82. The number of rotatable bonds is 7. The van der Waals surface area contributed by atoms with Gasteiger partial charge in [-0.25, -0.2) is 4.98 Å². The first kappa shape index (κ1) is 17.5. The van der Waals surface area contributed by atoms with Gasteiger partial charge in [-0.15, -0.1) is 0 Å². The summed E-state index contributed by atoms with van der Waals surface area (Å²) in [6.07, 6.45) is 2.42. The third kappa shape index (κ3) is 5.10. The maximum atomic E-state index is 12.3. The highest BCUT2D eigenvalue weighted by Gasteiger charge is 2.12. The zero-order valence-corrected chi connectivity index (χ0v) is 14.1. The van der Waals surface area contributed by atoms with Crippen molar-refractivity contribution in [3.63, 3.8) is 0 Å². The number of amides is 1. The van der Waals surface area contributed by atoms with Crippen LogP contribution in [0.15, 0.2) is 36.5 Å². The normalized spacial score (nSPS) is 10.4. The van der Waals surface area contributed by atoms with Crippen LogP contribution in [0.4, 0.5) is 11.5 Å². The summed E-state index contributed by atoms with van der Waals surface area (Å²) >= 11 is 12.1. The molecule has 0 saturated carbocycles. The average molecular weight is 354 g/mol. The number of para-hydroxylation sites is 1. The molecule has 7 heteroatoms. The highest BCUT2D eigenvalue weighted by atomic mass is 35.5. The van der Waals surface area contributed by atoms with Crippen LogP contribution in [0.25, 0.3) is 0 Å². The largest absolute Gasteiger partial charge is 0.385 e. The van der Waals surface area contributed by atoms with Crippen LogP contribution in [-0.4, -0.2) is 31.2 Å². The van der Waals surface area contributed by atoms with Crippen molar-refractivity contribution in [2.45, 2.75) is 6.42 Å². The first-order valence-corrected chi connectivity index (χ1v) is 7.81. The second kappa shape index (κ2) is 8.72. The third-order valence-corrected chi connectivity index (χ3v) is 3.68. The predicted molar refractivity (Wildman–Crippen MR) is 93.6 cm³/mol. The van der Waals surface area contributed by atoms with Gasteiger partial charge in [-0.2, -0.15) is 0 Å². The number of ether oxygens (including phenoxy) is 1. The molecular weight excluding hydrogens is 337 g/mol. The van der Waals surface area contributed by atoms with E-state index in [9.17, 15) is 4.79 Å². The Bertz CT molecular complexity index is 660. The van der Waals surface area contributed by atoms with Gasteiger partial charge in [-0.1, -0.05) is 29.3 Å². The lowest BCUT2D eigenvalue weighted by Gasteiger charge is -2.10. The Morgan fingerprint density at radius 1 is 1.26 bits per heavy atom. The molecule has 1 aromatic carbocycles. The first-order valence-electron chi connectivity index (χ1n) is 7.06. The summed E-state index contributed by atoms with van der Waals surface area (Å²) in [7, 11) is 1.66. The van der Waals surface area contributed by atoms with Gasteiger partial charge in [0.25, 0.3) is 5.91 Å². The summed E-state index contributed by atoms with van der Waals surface area (Å²) in [6.45, 7) is 1.38. The van der Waals surface area contributed by atoms with Crippen molar-refractivity contribution in [1.29, 1.82) is 0 Å². The molecule has 0 unspecified atom stereocenters. The topological polar surface area (TPSA) is 63.2 Å². The number of aromatic nitrogens is 1. The molecule has 0 aliphatic heterocycles. The summed E-state index contributed by atoms with van der Waals surface area (Å²) in [5, 5.41) is 6.63. The van der Waals surface area contributed by atoms with Crippen molar-refractivity contribution >= 4 is 40.6 Å². The van der Waals surface area contributed by atoms with Crippen LogP contribution in [0.5, 0.6) is 0 Å². The summed E-state index contributed by atoms with van der Waals surface area (Å²) < 4.78 is 4.98. The van der Waals surface area contributed by atoms with Gasteiger partial charge < -0.3 is 15.4 Å². The number of halogens is 2. The summed E-state index contributed by atoms with van der Waals surface area (Å²) in [5.74, 6) is 0.321. The number of methoxy groups -OCH3 is 1. The standard InChI is InChI=1S/C16H17Cl2N3O2/c1-23-9-3-7-19-14-10-11(6-8-20-14)16(22)21-15-12(17)4-2-5-13(15)18/h2,4-6,8,10H,3,7,9H2,1H3,(H,19,20)(H,21,22). The van der Waals surface area contributed by atoms with E-state index in [-0.39, 0.29) is 5.91 Å². The molecule has 0 fully saturated rings. The van der Waals surface area contributed by atoms with Crippen LogP contribution in [0.1, 0.15) is 16.8 Å². The van der Waals surface area contributed by atoms with E-state index in [1.54, 1.807) is 43.6 Å². The fourth-order valence-electron chi connectivity index (χ4n) is 1.90. The number of carbonyl (C=O) groups is 1. The zero-order chi connectivity index (χ0) is 16.7. The fraction of sp³-hybridized carbons (Fsp3) is 0.250. The molecule has 0 saturated heterocycles. The van der Waals surface area contributed by atoms with Gasteiger partial charge in [0.15, 0.2) is 0 Å². The number of benzene rings is 1. The summed E-state index contributed by atoms with van der Waals surface area (Å²) in [6, 6.07) is 8.35. The van der Waals surface area contributed by atoms with E-state index >= 15 is 0 Å². The quantitative estimate of drug-likeness (QED) is 0.735. The lowest BCUT2D eigenvalue weighted by Crippen LogP contribution is -2.14. The minimum absolute atomic E-state index is 0.303. The molecule has 1 heterocycles. The minimum atomic E-state index is -0.303. The Balaban J connectivity index is 2.05. The van der Waals surface area contributed by atoms with Gasteiger partial charge in [0.05, 0.1) is 15.7 Å². The van der Waals surface area contributed by atoms with Gasteiger partial charge in [-0.3, -0.25) is 4.79 Å². The van der Waals surface area contributed by atoms with E-state index in [0.717, 1.165) is 6.42 Å². The fourth-order valence-corrected chi connectivity index (χ4v) is 2.40. The third-order valence-electron chi connectivity index (χ3n) is 3.05. The molecule has 1 amide bonds. The van der Waals surface area contributed by atoms with Crippen molar-refractivity contribution < 1.29 is 9.53 Å². The molecule has 5 nitrogen and oxygen atoms in total. The number of nitrogens with one attached hydrogen (secondary N) is 2. The predicted octanol–water partition coefficient (Wildman–Crippen LogP) is 4.09.